The molecule has 0 bridgehead atoms. The molecule has 0 saturated carbocycles. The molecule has 1 N–H and O–H groups in total. The smallest absolute Gasteiger partial charge is 0.267 e. The molecule has 3 aromatic rings. The third-order valence-corrected chi connectivity index (χ3v) is 4.62. The average Bonchev–Trinajstić information content (AvgIpc) is 2.54. The maximum Gasteiger partial charge on any atom is 0.267 e. The molecule has 4 nitrogen and oxygen atoms in total. The monoisotopic (exact) mass is 325 g/mol. The van der Waals surface area contributed by atoms with Gasteiger partial charge in [-0.25, -0.2) is 4.39 Å². The summed E-state index contributed by atoms with van der Waals surface area (Å²) in [4.78, 5) is 19.0. The fraction of sp³-hybridized carbons (Fsp3) is 0.118. The SMILES string of the molecule is Cc1ncccc1CSc1[nH]c(=O)c(C#N)c2ccc(F)cc12. The lowest BCUT2D eigenvalue weighted by atomic mass is 10.1. The summed E-state index contributed by atoms with van der Waals surface area (Å²) < 4.78 is 13.6. The van der Waals surface area contributed by atoms with Crippen LogP contribution >= 0.6 is 11.8 Å². The largest absolute Gasteiger partial charge is 0.315 e. The first kappa shape index (κ1) is 15.3. The molecule has 2 heterocycles. The molecule has 3 rings (SSSR count). The number of nitriles is 1. The van der Waals surface area contributed by atoms with Gasteiger partial charge in [0.05, 0.1) is 5.03 Å². The van der Waals surface area contributed by atoms with Gasteiger partial charge in [0, 0.05) is 28.4 Å². The van der Waals surface area contributed by atoms with E-state index in [2.05, 4.69) is 9.97 Å². The van der Waals surface area contributed by atoms with Crippen LogP contribution < -0.4 is 5.56 Å². The van der Waals surface area contributed by atoms with Gasteiger partial charge >= 0.3 is 0 Å². The van der Waals surface area contributed by atoms with Crippen LogP contribution in [-0.2, 0) is 5.75 Å². The number of nitrogens with zero attached hydrogens (tertiary/aromatic N) is 2. The molecule has 0 fully saturated rings. The quantitative estimate of drug-likeness (QED) is 0.748. The summed E-state index contributed by atoms with van der Waals surface area (Å²) >= 11 is 1.39. The fourth-order valence-electron chi connectivity index (χ4n) is 2.32. The van der Waals surface area contributed by atoms with Gasteiger partial charge in [-0.3, -0.25) is 9.78 Å². The number of halogens is 1. The van der Waals surface area contributed by atoms with E-state index in [1.807, 2.05) is 25.1 Å². The van der Waals surface area contributed by atoms with Crippen LogP contribution in [0.4, 0.5) is 4.39 Å². The first-order valence-corrected chi connectivity index (χ1v) is 7.87. The van der Waals surface area contributed by atoms with Crippen LogP contribution in [0.1, 0.15) is 16.8 Å². The molecule has 0 aliphatic rings. The molecule has 0 unspecified atom stereocenters. The molecule has 2 aromatic heterocycles. The molecular formula is C17H12FN3OS. The molecule has 0 aliphatic carbocycles. The Morgan fingerprint density at radius 2 is 2.17 bits per heavy atom. The average molecular weight is 325 g/mol. The first-order valence-electron chi connectivity index (χ1n) is 6.89. The molecule has 0 spiro atoms. The lowest BCUT2D eigenvalue weighted by molar-refractivity contribution is 0.629. The van der Waals surface area contributed by atoms with Crippen molar-refractivity contribution >= 4 is 22.5 Å². The van der Waals surface area contributed by atoms with Crippen molar-refractivity contribution in [2.24, 2.45) is 0 Å². The fourth-order valence-corrected chi connectivity index (χ4v) is 3.42. The van der Waals surface area contributed by atoms with E-state index in [0.29, 0.717) is 21.6 Å². The van der Waals surface area contributed by atoms with Gasteiger partial charge in [0.1, 0.15) is 17.4 Å². The van der Waals surface area contributed by atoms with Crippen LogP contribution in [0, 0.1) is 24.1 Å². The van der Waals surface area contributed by atoms with Gasteiger partial charge in [0.2, 0.25) is 0 Å². The Hall–Kier alpha value is -2.65. The molecular weight excluding hydrogens is 313 g/mol. The Labute approximate surface area is 136 Å². The lowest BCUT2D eigenvalue weighted by Crippen LogP contribution is -2.12. The Balaban J connectivity index is 2.08. The third kappa shape index (κ3) is 2.96. The third-order valence-electron chi connectivity index (χ3n) is 3.55. The number of hydrogen-bond donors (Lipinski definition) is 1. The van der Waals surface area contributed by atoms with Crippen molar-refractivity contribution in [1.29, 1.82) is 5.26 Å². The first-order chi connectivity index (χ1) is 11.1. The molecule has 0 radical (unpaired) electrons. The number of benzene rings is 1. The predicted molar refractivity (Wildman–Crippen MR) is 87.8 cm³/mol. The minimum absolute atomic E-state index is 0.00177. The molecule has 114 valence electrons. The number of pyridine rings is 2. The van der Waals surface area contributed by atoms with Crippen LogP contribution in [0.5, 0.6) is 0 Å². The van der Waals surface area contributed by atoms with Crippen molar-refractivity contribution in [3.8, 4) is 6.07 Å². The zero-order valence-corrected chi connectivity index (χ0v) is 13.1. The Morgan fingerprint density at radius 1 is 1.35 bits per heavy atom. The topological polar surface area (TPSA) is 69.5 Å². The van der Waals surface area contributed by atoms with Crippen molar-refractivity contribution in [2.75, 3.05) is 0 Å². The van der Waals surface area contributed by atoms with E-state index >= 15 is 0 Å². The zero-order chi connectivity index (χ0) is 16.4. The van der Waals surface area contributed by atoms with Crippen molar-refractivity contribution in [3.63, 3.8) is 0 Å². The molecule has 0 atom stereocenters. The van der Waals surface area contributed by atoms with Gasteiger partial charge in [0.25, 0.3) is 5.56 Å². The summed E-state index contributed by atoms with van der Waals surface area (Å²) in [7, 11) is 0. The number of thioether (sulfide) groups is 1. The van der Waals surface area contributed by atoms with Crippen LogP contribution in [0.15, 0.2) is 46.3 Å². The van der Waals surface area contributed by atoms with Crippen molar-refractivity contribution in [2.45, 2.75) is 17.7 Å². The van der Waals surface area contributed by atoms with E-state index in [1.165, 1.54) is 30.0 Å². The van der Waals surface area contributed by atoms with Gasteiger partial charge in [-0.2, -0.15) is 5.26 Å². The van der Waals surface area contributed by atoms with Crippen molar-refractivity contribution in [3.05, 3.63) is 69.5 Å². The highest BCUT2D eigenvalue weighted by atomic mass is 32.2. The molecule has 23 heavy (non-hydrogen) atoms. The minimum atomic E-state index is -0.461. The summed E-state index contributed by atoms with van der Waals surface area (Å²) in [6.45, 7) is 1.91. The number of fused-ring (bicyclic) bond motifs is 1. The van der Waals surface area contributed by atoms with Crippen LogP contribution in [-0.4, -0.2) is 9.97 Å². The van der Waals surface area contributed by atoms with Crippen LogP contribution in [0.2, 0.25) is 0 Å². The molecule has 0 amide bonds. The number of aryl methyl sites for hydroxylation is 1. The second kappa shape index (κ2) is 6.23. The summed E-state index contributed by atoms with van der Waals surface area (Å²) in [5, 5.41) is 10.7. The second-order valence-corrected chi connectivity index (χ2v) is 5.98. The van der Waals surface area contributed by atoms with Gasteiger partial charge in [-0.05, 0) is 36.8 Å². The summed E-state index contributed by atoms with van der Waals surface area (Å²) in [5.74, 6) is 0.181. The minimum Gasteiger partial charge on any atom is -0.315 e. The summed E-state index contributed by atoms with van der Waals surface area (Å²) in [5.41, 5.74) is 1.48. The number of hydrogen-bond acceptors (Lipinski definition) is 4. The van der Waals surface area contributed by atoms with E-state index in [9.17, 15) is 9.18 Å². The highest BCUT2D eigenvalue weighted by molar-refractivity contribution is 7.98. The van der Waals surface area contributed by atoms with E-state index in [0.717, 1.165) is 11.3 Å². The zero-order valence-electron chi connectivity index (χ0n) is 12.3. The summed E-state index contributed by atoms with van der Waals surface area (Å²) in [6.07, 6.45) is 1.72. The van der Waals surface area contributed by atoms with Crippen molar-refractivity contribution < 1.29 is 4.39 Å². The van der Waals surface area contributed by atoms with Gasteiger partial charge in [-0.15, -0.1) is 11.8 Å². The number of nitrogens with one attached hydrogen (secondary N) is 1. The molecule has 0 aliphatic heterocycles. The van der Waals surface area contributed by atoms with E-state index in [4.69, 9.17) is 5.26 Å². The van der Waals surface area contributed by atoms with Crippen molar-refractivity contribution in [1.82, 2.24) is 9.97 Å². The number of H-pyrrole nitrogens is 1. The standard InChI is InChI=1S/C17H12FN3OS/c1-10-11(3-2-6-20-10)9-23-17-14-7-12(18)4-5-13(14)15(8-19)16(22)21-17/h2-7H,9H2,1H3,(H,21,22). The Bertz CT molecular complexity index is 991. The number of rotatable bonds is 3. The Kier molecular flexibility index (Phi) is 4.13. The molecule has 1 aromatic carbocycles. The van der Waals surface area contributed by atoms with Gasteiger partial charge in [0.15, 0.2) is 0 Å². The van der Waals surface area contributed by atoms with Crippen LogP contribution in [0.25, 0.3) is 10.8 Å². The lowest BCUT2D eigenvalue weighted by Gasteiger charge is -2.09. The number of aromatic nitrogens is 2. The van der Waals surface area contributed by atoms with Gasteiger partial charge < -0.3 is 4.98 Å². The normalized spacial score (nSPS) is 10.7. The van der Waals surface area contributed by atoms with Crippen LogP contribution in [0.3, 0.4) is 0 Å². The second-order valence-electron chi connectivity index (χ2n) is 5.00. The number of aromatic amines is 1. The van der Waals surface area contributed by atoms with E-state index < -0.39 is 11.4 Å². The van der Waals surface area contributed by atoms with E-state index in [1.54, 1.807) is 6.20 Å². The molecule has 0 saturated heterocycles. The highest BCUT2D eigenvalue weighted by Crippen LogP contribution is 2.29. The predicted octanol–water partition coefficient (Wildman–Crippen LogP) is 3.53. The molecule has 6 heteroatoms. The highest BCUT2D eigenvalue weighted by Gasteiger charge is 2.12. The Morgan fingerprint density at radius 3 is 2.91 bits per heavy atom. The summed E-state index contributed by atoms with van der Waals surface area (Å²) in [6, 6.07) is 9.75. The van der Waals surface area contributed by atoms with E-state index in [-0.39, 0.29) is 5.56 Å². The maximum atomic E-state index is 13.6. The van der Waals surface area contributed by atoms with Gasteiger partial charge in [-0.1, -0.05) is 6.07 Å². The maximum absolute atomic E-state index is 13.6.